The molecule has 0 aliphatic heterocycles. The Bertz CT molecular complexity index is 913. The standard InChI is InChI=1S/C18H20N6S/c1-24(2)10-14-5-3-4-13(22-14)9-21-23-17-15-8-16(12-6-7-12)25-18(15)20-11-19-17/h3-5,8-9,11-12H,6-7,10H2,1-2H3,(H,19,20,23). The molecule has 25 heavy (non-hydrogen) atoms. The van der Waals surface area contributed by atoms with Gasteiger partial charge in [-0.1, -0.05) is 6.07 Å². The molecule has 0 atom stereocenters. The molecule has 1 fully saturated rings. The lowest BCUT2D eigenvalue weighted by Crippen LogP contribution is -2.12. The van der Waals surface area contributed by atoms with Crippen LogP contribution in [0.15, 0.2) is 35.7 Å². The van der Waals surface area contributed by atoms with Gasteiger partial charge in [0.2, 0.25) is 0 Å². The lowest BCUT2D eigenvalue weighted by Gasteiger charge is -2.08. The van der Waals surface area contributed by atoms with Crippen molar-refractivity contribution >= 4 is 33.6 Å². The quantitative estimate of drug-likeness (QED) is 0.543. The van der Waals surface area contributed by atoms with Gasteiger partial charge in [0.1, 0.15) is 11.2 Å². The van der Waals surface area contributed by atoms with Crippen LogP contribution in [0.5, 0.6) is 0 Å². The zero-order valence-corrected chi connectivity index (χ0v) is 15.1. The maximum atomic E-state index is 4.58. The summed E-state index contributed by atoms with van der Waals surface area (Å²) >= 11 is 1.76. The van der Waals surface area contributed by atoms with Gasteiger partial charge in [-0.2, -0.15) is 5.10 Å². The first-order valence-corrected chi connectivity index (χ1v) is 9.15. The van der Waals surface area contributed by atoms with E-state index in [9.17, 15) is 0 Å². The zero-order valence-electron chi connectivity index (χ0n) is 14.3. The topological polar surface area (TPSA) is 66.3 Å². The molecule has 0 radical (unpaired) electrons. The average Bonchev–Trinajstić information content (AvgIpc) is 3.34. The maximum absolute atomic E-state index is 4.58. The molecule has 6 nitrogen and oxygen atoms in total. The molecule has 0 unspecified atom stereocenters. The Hall–Kier alpha value is -2.38. The molecule has 0 saturated heterocycles. The van der Waals surface area contributed by atoms with E-state index in [2.05, 4.69) is 36.4 Å². The minimum atomic E-state index is 0.721. The number of aromatic nitrogens is 3. The predicted octanol–water partition coefficient (Wildman–Crippen LogP) is 3.47. The number of nitrogens with zero attached hydrogens (tertiary/aromatic N) is 5. The number of anilines is 1. The van der Waals surface area contributed by atoms with E-state index in [1.165, 1.54) is 17.7 Å². The molecule has 3 aromatic rings. The minimum absolute atomic E-state index is 0.721. The Labute approximate surface area is 150 Å². The van der Waals surface area contributed by atoms with Crippen molar-refractivity contribution in [2.75, 3.05) is 19.5 Å². The molecule has 1 aliphatic carbocycles. The van der Waals surface area contributed by atoms with Crippen molar-refractivity contribution in [1.82, 2.24) is 19.9 Å². The molecule has 7 heteroatoms. The summed E-state index contributed by atoms with van der Waals surface area (Å²) in [4.78, 5) is 17.8. The fourth-order valence-corrected chi connectivity index (χ4v) is 3.84. The molecule has 0 bridgehead atoms. The third-order valence-corrected chi connectivity index (χ3v) is 5.21. The van der Waals surface area contributed by atoms with Gasteiger partial charge < -0.3 is 4.90 Å². The number of hydrogen-bond acceptors (Lipinski definition) is 7. The molecule has 1 saturated carbocycles. The first-order chi connectivity index (χ1) is 12.2. The highest BCUT2D eigenvalue weighted by Gasteiger charge is 2.26. The van der Waals surface area contributed by atoms with E-state index >= 15 is 0 Å². The van der Waals surface area contributed by atoms with Crippen molar-refractivity contribution < 1.29 is 0 Å². The molecule has 3 heterocycles. The van der Waals surface area contributed by atoms with E-state index in [1.54, 1.807) is 23.9 Å². The summed E-state index contributed by atoms with van der Waals surface area (Å²) in [5.74, 6) is 1.47. The SMILES string of the molecule is CN(C)Cc1cccc(C=NNc2ncnc3sc(C4CC4)cc23)n1. The molecule has 0 spiro atoms. The van der Waals surface area contributed by atoms with E-state index in [-0.39, 0.29) is 0 Å². The van der Waals surface area contributed by atoms with Crippen LogP contribution >= 0.6 is 11.3 Å². The van der Waals surface area contributed by atoms with Crippen LogP contribution in [0.3, 0.4) is 0 Å². The third kappa shape index (κ3) is 3.83. The summed E-state index contributed by atoms with van der Waals surface area (Å²) in [5, 5.41) is 5.36. The van der Waals surface area contributed by atoms with E-state index in [0.717, 1.165) is 39.9 Å². The minimum Gasteiger partial charge on any atom is -0.304 e. The van der Waals surface area contributed by atoms with Gasteiger partial charge in [0.05, 0.1) is 23.0 Å². The maximum Gasteiger partial charge on any atom is 0.158 e. The van der Waals surface area contributed by atoms with Crippen molar-refractivity contribution in [3.05, 3.63) is 46.9 Å². The lowest BCUT2D eigenvalue weighted by molar-refractivity contribution is 0.397. The van der Waals surface area contributed by atoms with Crippen molar-refractivity contribution in [1.29, 1.82) is 0 Å². The molecule has 1 aliphatic rings. The lowest BCUT2D eigenvalue weighted by atomic mass is 10.3. The van der Waals surface area contributed by atoms with Crippen molar-refractivity contribution in [2.45, 2.75) is 25.3 Å². The first kappa shape index (κ1) is 16.1. The van der Waals surface area contributed by atoms with Gasteiger partial charge >= 0.3 is 0 Å². The summed E-state index contributed by atoms with van der Waals surface area (Å²) in [6.07, 6.45) is 5.89. The monoisotopic (exact) mass is 352 g/mol. The number of thiophene rings is 1. The Morgan fingerprint density at radius 2 is 2.20 bits per heavy atom. The fraction of sp³-hybridized carbons (Fsp3) is 0.333. The molecule has 0 amide bonds. The summed E-state index contributed by atoms with van der Waals surface area (Å²) in [5.41, 5.74) is 4.88. The second-order valence-electron chi connectivity index (χ2n) is 6.53. The molecule has 0 aromatic carbocycles. The summed E-state index contributed by atoms with van der Waals surface area (Å²) in [6, 6.07) is 8.15. The third-order valence-electron chi connectivity index (χ3n) is 4.00. The van der Waals surface area contributed by atoms with Crippen LogP contribution in [-0.2, 0) is 6.54 Å². The highest BCUT2D eigenvalue weighted by molar-refractivity contribution is 7.18. The normalized spacial score (nSPS) is 14.7. The number of rotatable bonds is 6. The number of fused-ring (bicyclic) bond motifs is 1. The van der Waals surface area contributed by atoms with Crippen molar-refractivity contribution in [3.63, 3.8) is 0 Å². The number of pyridine rings is 1. The van der Waals surface area contributed by atoms with Crippen LogP contribution in [0.25, 0.3) is 10.2 Å². The largest absolute Gasteiger partial charge is 0.304 e. The molecule has 3 aromatic heterocycles. The molecule has 128 valence electrons. The van der Waals surface area contributed by atoms with E-state index in [1.807, 2.05) is 32.3 Å². The summed E-state index contributed by atoms with van der Waals surface area (Å²) < 4.78 is 0. The Kier molecular flexibility index (Phi) is 4.42. The molecular weight excluding hydrogens is 332 g/mol. The fourth-order valence-electron chi connectivity index (χ4n) is 2.67. The van der Waals surface area contributed by atoms with Crippen LogP contribution in [0.2, 0.25) is 0 Å². The van der Waals surface area contributed by atoms with Crippen LogP contribution in [0, 0.1) is 0 Å². The van der Waals surface area contributed by atoms with Crippen LogP contribution in [0.4, 0.5) is 5.82 Å². The zero-order chi connectivity index (χ0) is 17.2. The van der Waals surface area contributed by atoms with Gasteiger partial charge in [0, 0.05) is 11.4 Å². The van der Waals surface area contributed by atoms with E-state index in [4.69, 9.17) is 0 Å². The Balaban J connectivity index is 1.51. The predicted molar refractivity (Wildman–Crippen MR) is 102 cm³/mol. The van der Waals surface area contributed by atoms with Gasteiger partial charge in [0.15, 0.2) is 5.82 Å². The molecule has 1 N–H and O–H groups in total. The van der Waals surface area contributed by atoms with E-state index < -0.39 is 0 Å². The van der Waals surface area contributed by atoms with E-state index in [0.29, 0.717) is 0 Å². The summed E-state index contributed by atoms with van der Waals surface area (Å²) in [7, 11) is 4.06. The number of nitrogens with one attached hydrogen (secondary N) is 1. The van der Waals surface area contributed by atoms with Gasteiger partial charge in [0.25, 0.3) is 0 Å². The second kappa shape index (κ2) is 6.85. The van der Waals surface area contributed by atoms with Crippen molar-refractivity contribution in [3.8, 4) is 0 Å². The van der Waals surface area contributed by atoms with Gasteiger partial charge in [-0.3, -0.25) is 10.4 Å². The Morgan fingerprint density at radius 3 is 3.00 bits per heavy atom. The van der Waals surface area contributed by atoms with Crippen molar-refractivity contribution in [2.24, 2.45) is 5.10 Å². The van der Waals surface area contributed by atoms with Crippen LogP contribution in [-0.4, -0.2) is 40.2 Å². The second-order valence-corrected chi connectivity index (χ2v) is 7.59. The van der Waals surface area contributed by atoms with Crippen LogP contribution < -0.4 is 5.43 Å². The van der Waals surface area contributed by atoms with Gasteiger partial charge in [-0.15, -0.1) is 11.3 Å². The first-order valence-electron chi connectivity index (χ1n) is 8.33. The highest BCUT2D eigenvalue weighted by Crippen LogP contribution is 2.45. The highest BCUT2D eigenvalue weighted by atomic mass is 32.1. The summed E-state index contributed by atoms with van der Waals surface area (Å²) in [6.45, 7) is 0.806. The number of hydrazone groups is 1. The Morgan fingerprint density at radius 1 is 1.32 bits per heavy atom. The molecular formula is C18H20N6S. The number of hydrogen-bond donors (Lipinski definition) is 1. The average molecular weight is 352 g/mol. The van der Waals surface area contributed by atoms with Crippen LogP contribution in [0.1, 0.15) is 35.0 Å². The smallest absolute Gasteiger partial charge is 0.158 e. The molecule has 4 rings (SSSR count). The van der Waals surface area contributed by atoms with Gasteiger partial charge in [-0.25, -0.2) is 9.97 Å². The van der Waals surface area contributed by atoms with Gasteiger partial charge in [-0.05, 0) is 51.1 Å².